The lowest BCUT2D eigenvalue weighted by molar-refractivity contribution is -0.122. The number of carbonyl (C=O) groups excluding carboxylic acids is 1. The summed E-state index contributed by atoms with van der Waals surface area (Å²) in [4.78, 5) is 14.1. The second-order valence-corrected chi connectivity index (χ2v) is 5.51. The van der Waals surface area contributed by atoms with Crippen LogP contribution in [0.2, 0.25) is 0 Å². The van der Waals surface area contributed by atoms with Crippen molar-refractivity contribution >= 4 is 11.9 Å². The van der Waals surface area contributed by atoms with Crippen LogP contribution in [0, 0.1) is 5.41 Å². The summed E-state index contributed by atoms with van der Waals surface area (Å²) >= 11 is 0. The van der Waals surface area contributed by atoms with Gasteiger partial charge in [0.15, 0.2) is 5.96 Å². The first kappa shape index (κ1) is 16.8. The first-order valence-electron chi connectivity index (χ1n) is 7.60. The predicted molar refractivity (Wildman–Crippen MR) is 81.9 cm³/mol. The maximum absolute atomic E-state index is 11.8. The second-order valence-electron chi connectivity index (χ2n) is 5.51. The minimum atomic E-state index is 0.190. The molecule has 0 spiro atoms. The van der Waals surface area contributed by atoms with E-state index >= 15 is 0 Å². The Bertz CT molecular complexity index is 300. The highest BCUT2D eigenvalue weighted by Gasteiger charge is 2.17. The van der Waals surface area contributed by atoms with Gasteiger partial charge in [0.2, 0.25) is 5.91 Å². The molecule has 1 amide bonds. The van der Waals surface area contributed by atoms with Crippen molar-refractivity contribution in [3.63, 3.8) is 0 Å². The molecule has 1 heterocycles. The van der Waals surface area contributed by atoms with E-state index in [-0.39, 0.29) is 5.91 Å². The van der Waals surface area contributed by atoms with E-state index in [1.807, 2.05) is 0 Å². The Balaban J connectivity index is 1.96. The van der Waals surface area contributed by atoms with Gasteiger partial charge < -0.3 is 20.9 Å². The van der Waals surface area contributed by atoms with E-state index in [0.717, 1.165) is 51.7 Å². The number of piperidine rings is 1. The van der Waals surface area contributed by atoms with Crippen LogP contribution in [0.4, 0.5) is 0 Å². The fraction of sp³-hybridized carbons (Fsp3) is 0.857. The number of unbranched alkanes of at least 4 members (excludes halogenated alkanes) is 2. The van der Waals surface area contributed by atoms with Crippen LogP contribution in [0.25, 0.3) is 0 Å². The minimum Gasteiger partial charge on any atom is -0.360 e. The maximum Gasteiger partial charge on any atom is 0.220 e. The van der Waals surface area contributed by atoms with Crippen molar-refractivity contribution in [2.45, 2.75) is 44.6 Å². The molecule has 6 heteroatoms. The Morgan fingerprint density at radius 3 is 2.60 bits per heavy atom. The van der Waals surface area contributed by atoms with Gasteiger partial charge in [-0.3, -0.25) is 10.2 Å². The summed E-state index contributed by atoms with van der Waals surface area (Å²) in [5.41, 5.74) is 0. The molecule has 20 heavy (non-hydrogen) atoms. The first-order valence-corrected chi connectivity index (χ1v) is 7.60. The smallest absolute Gasteiger partial charge is 0.220 e. The summed E-state index contributed by atoms with van der Waals surface area (Å²) in [6.07, 6.45) is 5.69. The van der Waals surface area contributed by atoms with Crippen LogP contribution in [0.5, 0.6) is 0 Å². The minimum absolute atomic E-state index is 0.190. The Labute approximate surface area is 122 Å². The third kappa shape index (κ3) is 7.33. The molecular weight excluding hydrogens is 254 g/mol. The zero-order valence-corrected chi connectivity index (χ0v) is 12.8. The van der Waals surface area contributed by atoms with Gasteiger partial charge in [-0.05, 0) is 45.8 Å². The predicted octanol–water partition coefficient (Wildman–Crippen LogP) is 0.501. The highest BCUT2D eigenvalue weighted by molar-refractivity contribution is 5.76. The average Bonchev–Trinajstić information content (AvgIpc) is 2.44. The van der Waals surface area contributed by atoms with Crippen LogP contribution in [0.3, 0.4) is 0 Å². The standard InChI is InChI=1S/C14H29N5O/c1-16-14(15)17-9-5-3-4-6-13(20)18-12-7-10-19(2)11-8-12/h12H,3-11H2,1-2H3,(H,18,20)(H3,15,16,17). The summed E-state index contributed by atoms with van der Waals surface area (Å²) in [7, 11) is 3.85. The zero-order valence-electron chi connectivity index (χ0n) is 12.8. The molecule has 0 aliphatic carbocycles. The summed E-state index contributed by atoms with van der Waals surface area (Å²) < 4.78 is 0. The molecule has 1 rings (SSSR count). The largest absolute Gasteiger partial charge is 0.360 e. The first-order chi connectivity index (χ1) is 9.61. The number of amides is 1. The fourth-order valence-corrected chi connectivity index (χ4v) is 2.34. The van der Waals surface area contributed by atoms with Gasteiger partial charge in [0.05, 0.1) is 0 Å². The molecule has 116 valence electrons. The molecule has 1 fully saturated rings. The topological polar surface area (TPSA) is 80.2 Å². The van der Waals surface area contributed by atoms with E-state index in [4.69, 9.17) is 5.41 Å². The molecule has 1 aliphatic rings. The fourth-order valence-electron chi connectivity index (χ4n) is 2.34. The van der Waals surface area contributed by atoms with E-state index in [1.54, 1.807) is 7.05 Å². The van der Waals surface area contributed by atoms with Gasteiger partial charge in [0, 0.05) is 26.1 Å². The Kier molecular flexibility index (Phi) is 8.02. The van der Waals surface area contributed by atoms with Crippen molar-refractivity contribution in [1.29, 1.82) is 5.41 Å². The highest BCUT2D eigenvalue weighted by Crippen LogP contribution is 2.09. The van der Waals surface area contributed by atoms with Gasteiger partial charge in [-0.1, -0.05) is 6.42 Å². The molecule has 0 aromatic carbocycles. The van der Waals surface area contributed by atoms with Crippen LogP contribution in [0.1, 0.15) is 38.5 Å². The van der Waals surface area contributed by atoms with E-state index in [2.05, 4.69) is 27.9 Å². The number of hydrogen-bond donors (Lipinski definition) is 4. The molecular formula is C14H29N5O. The van der Waals surface area contributed by atoms with Crippen molar-refractivity contribution in [3.8, 4) is 0 Å². The second kappa shape index (κ2) is 9.58. The lowest BCUT2D eigenvalue weighted by atomic mass is 10.1. The van der Waals surface area contributed by atoms with Crippen molar-refractivity contribution in [2.24, 2.45) is 0 Å². The Morgan fingerprint density at radius 1 is 1.25 bits per heavy atom. The number of hydrogen-bond acceptors (Lipinski definition) is 3. The summed E-state index contributed by atoms with van der Waals surface area (Å²) in [6.45, 7) is 2.94. The third-order valence-corrected chi connectivity index (χ3v) is 3.72. The number of carbonyl (C=O) groups is 1. The monoisotopic (exact) mass is 283 g/mol. The van der Waals surface area contributed by atoms with E-state index in [1.165, 1.54) is 0 Å². The molecule has 6 nitrogen and oxygen atoms in total. The molecule has 0 aromatic rings. The normalized spacial score (nSPS) is 16.7. The molecule has 0 aromatic heterocycles. The molecule has 0 atom stereocenters. The summed E-state index contributed by atoms with van der Waals surface area (Å²) in [5, 5.41) is 16.2. The molecule has 0 radical (unpaired) electrons. The lowest BCUT2D eigenvalue weighted by Gasteiger charge is -2.29. The van der Waals surface area contributed by atoms with Crippen molar-refractivity contribution < 1.29 is 4.79 Å². The van der Waals surface area contributed by atoms with Gasteiger partial charge in [-0.25, -0.2) is 0 Å². The quantitative estimate of drug-likeness (QED) is 0.312. The number of nitrogens with zero attached hydrogens (tertiary/aromatic N) is 1. The Morgan fingerprint density at radius 2 is 1.95 bits per heavy atom. The number of likely N-dealkylation sites (tertiary alicyclic amines) is 1. The number of nitrogens with one attached hydrogen (secondary N) is 4. The average molecular weight is 283 g/mol. The zero-order chi connectivity index (χ0) is 14.8. The van der Waals surface area contributed by atoms with Gasteiger partial charge in [0.1, 0.15) is 0 Å². The van der Waals surface area contributed by atoms with Crippen LogP contribution < -0.4 is 16.0 Å². The SMILES string of the molecule is CNC(=N)NCCCCCC(=O)NC1CCN(C)CC1. The molecule has 0 saturated carbocycles. The molecule has 1 saturated heterocycles. The van der Waals surface area contributed by atoms with Crippen molar-refractivity contribution in [1.82, 2.24) is 20.9 Å². The van der Waals surface area contributed by atoms with E-state index in [9.17, 15) is 4.79 Å². The van der Waals surface area contributed by atoms with Crippen molar-refractivity contribution in [2.75, 3.05) is 33.7 Å². The van der Waals surface area contributed by atoms with E-state index in [0.29, 0.717) is 18.4 Å². The number of guanidine groups is 1. The van der Waals surface area contributed by atoms with Gasteiger partial charge in [-0.15, -0.1) is 0 Å². The van der Waals surface area contributed by atoms with E-state index < -0.39 is 0 Å². The third-order valence-electron chi connectivity index (χ3n) is 3.72. The lowest BCUT2D eigenvalue weighted by Crippen LogP contribution is -2.43. The van der Waals surface area contributed by atoms with Crippen molar-refractivity contribution in [3.05, 3.63) is 0 Å². The highest BCUT2D eigenvalue weighted by atomic mass is 16.1. The molecule has 0 bridgehead atoms. The van der Waals surface area contributed by atoms with Crippen LogP contribution in [0.15, 0.2) is 0 Å². The van der Waals surface area contributed by atoms with Crippen LogP contribution >= 0.6 is 0 Å². The Hall–Kier alpha value is -1.30. The van der Waals surface area contributed by atoms with Gasteiger partial charge in [0.25, 0.3) is 0 Å². The number of rotatable bonds is 7. The summed E-state index contributed by atoms with van der Waals surface area (Å²) in [5.74, 6) is 0.542. The summed E-state index contributed by atoms with van der Waals surface area (Å²) in [6, 6.07) is 0.372. The molecule has 4 N–H and O–H groups in total. The van der Waals surface area contributed by atoms with Gasteiger partial charge in [-0.2, -0.15) is 0 Å². The molecule has 0 unspecified atom stereocenters. The molecule has 1 aliphatic heterocycles. The maximum atomic E-state index is 11.8. The van der Waals surface area contributed by atoms with Crippen LogP contribution in [-0.4, -0.2) is 56.5 Å². The van der Waals surface area contributed by atoms with Gasteiger partial charge >= 0.3 is 0 Å². The van der Waals surface area contributed by atoms with Crippen LogP contribution in [-0.2, 0) is 4.79 Å².